The highest BCUT2D eigenvalue weighted by Crippen LogP contribution is 2.68. The highest BCUT2D eigenvalue weighted by Gasteiger charge is 2.71. The Morgan fingerprint density at radius 2 is 1.94 bits per heavy atom. The molecule has 1 saturated heterocycles. The van der Waals surface area contributed by atoms with Gasteiger partial charge in [-0.05, 0) is 60.8 Å². The first-order valence-electron chi connectivity index (χ1n) is 12.6. The van der Waals surface area contributed by atoms with Crippen molar-refractivity contribution < 1.29 is 14.3 Å². The largest absolute Gasteiger partial charge is 0.541 e. The van der Waals surface area contributed by atoms with E-state index in [1.54, 1.807) is 0 Å². The highest BCUT2D eigenvalue weighted by molar-refractivity contribution is 6.74. The number of H-pyrrole nitrogens is 1. The summed E-state index contributed by atoms with van der Waals surface area (Å²) in [5.74, 6) is 1.73. The molecule has 0 amide bonds. The summed E-state index contributed by atoms with van der Waals surface area (Å²) in [6.07, 6.45) is 2.06. The van der Waals surface area contributed by atoms with E-state index < -0.39 is 19.3 Å². The number of piperidine rings is 1. The molecule has 5 nitrogen and oxygen atoms in total. The van der Waals surface area contributed by atoms with Gasteiger partial charge in [-0.2, -0.15) is 0 Å². The number of ether oxygens (including phenoxy) is 1. The molecule has 7 rings (SSSR count). The second kappa shape index (κ2) is 6.28. The average Bonchev–Trinajstić information content (AvgIpc) is 3.29. The summed E-state index contributed by atoms with van der Waals surface area (Å²) in [5, 5.41) is 17.6. The van der Waals surface area contributed by atoms with Gasteiger partial charge in [0.05, 0.1) is 16.7 Å². The normalized spacial score (nSPS) is 31.1. The first kappa shape index (κ1) is 21.0. The number of hydrogen-bond donors (Lipinski definition) is 3. The first-order valence-corrected chi connectivity index (χ1v) is 15.5. The first-order chi connectivity index (χ1) is 16.1. The molecule has 2 aliphatic heterocycles. The van der Waals surface area contributed by atoms with E-state index >= 15 is 0 Å². The number of aromatic amines is 1. The molecule has 6 heteroatoms. The van der Waals surface area contributed by atoms with Gasteiger partial charge in [0.2, 0.25) is 0 Å². The predicted molar refractivity (Wildman–Crippen MR) is 136 cm³/mol. The molecule has 1 aromatic heterocycles. The number of hydrogen-bond acceptors (Lipinski definition) is 4. The number of fused-ring (bicyclic) bond motifs is 4. The molecule has 34 heavy (non-hydrogen) atoms. The average molecular weight is 475 g/mol. The molecule has 1 spiro atoms. The zero-order chi connectivity index (χ0) is 23.7. The van der Waals surface area contributed by atoms with Crippen molar-refractivity contribution >= 4 is 19.2 Å². The van der Waals surface area contributed by atoms with Crippen LogP contribution in [-0.2, 0) is 18.3 Å². The van der Waals surface area contributed by atoms with Crippen LogP contribution in [0.3, 0.4) is 0 Å². The summed E-state index contributed by atoms with van der Waals surface area (Å²) >= 11 is 0. The topological polar surface area (TPSA) is 66.5 Å². The lowest BCUT2D eigenvalue weighted by molar-refractivity contribution is -0.134. The second-order valence-corrected chi connectivity index (χ2v) is 17.1. The van der Waals surface area contributed by atoms with Crippen LogP contribution in [0.25, 0.3) is 10.9 Å². The Balaban J connectivity index is 1.48. The Kier molecular flexibility index (Phi) is 3.89. The molecule has 2 aromatic carbocycles. The fourth-order valence-electron chi connectivity index (χ4n) is 7.03. The van der Waals surface area contributed by atoms with E-state index in [-0.39, 0.29) is 17.2 Å². The molecular weight excluding hydrogens is 440 g/mol. The van der Waals surface area contributed by atoms with Gasteiger partial charge >= 0.3 is 0 Å². The van der Waals surface area contributed by atoms with Gasteiger partial charge in [0.15, 0.2) is 11.9 Å². The van der Waals surface area contributed by atoms with E-state index in [0.29, 0.717) is 6.42 Å². The van der Waals surface area contributed by atoms with Crippen molar-refractivity contribution in [2.45, 2.75) is 81.3 Å². The number of nitrogens with one attached hydrogen (secondary N) is 2. The van der Waals surface area contributed by atoms with Crippen molar-refractivity contribution in [2.24, 2.45) is 0 Å². The van der Waals surface area contributed by atoms with E-state index in [4.69, 9.17) is 9.16 Å². The summed E-state index contributed by atoms with van der Waals surface area (Å²) in [5.41, 5.74) is 4.59. The van der Waals surface area contributed by atoms with Gasteiger partial charge in [-0.1, -0.05) is 45.0 Å². The Morgan fingerprint density at radius 1 is 1.15 bits per heavy atom. The van der Waals surface area contributed by atoms with Gasteiger partial charge in [0, 0.05) is 28.9 Å². The monoisotopic (exact) mass is 474 g/mol. The number of rotatable bonds is 2. The molecule has 3 N–H and O–H groups in total. The molecule has 4 aliphatic rings. The summed E-state index contributed by atoms with van der Waals surface area (Å²) in [6, 6.07) is 12.8. The van der Waals surface area contributed by atoms with Crippen LogP contribution in [0.15, 0.2) is 36.4 Å². The molecule has 3 heterocycles. The van der Waals surface area contributed by atoms with Gasteiger partial charge in [0.1, 0.15) is 5.75 Å². The van der Waals surface area contributed by atoms with Crippen molar-refractivity contribution in [2.75, 3.05) is 6.54 Å². The van der Waals surface area contributed by atoms with Crippen molar-refractivity contribution in [1.82, 2.24) is 10.3 Å². The molecule has 0 unspecified atom stereocenters. The van der Waals surface area contributed by atoms with Crippen LogP contribution < -0.4 is 14.5 Å². The summed E-state index contributed by atoms with van der Waals surface area (Å²) < 4.78 is 13.8. The maximum Gasteiger partial charge on any atom is 0.250 e. The van der Waals surface area contributed by atoms with Gasteiger partial charge in [-0.3, -0.25) is 0 Å². The summed E-state index contributed by atoms with van der Waals surface area (Å²) in [6.45, 7) is 12.3. The van der Waals surface area contributed by atoms with Crippen LogP contribution in [0.2, 0.25) is 18.1 Å². The number of aromatic nitrogens is 1. The SMILES string of the molecule is CC(C)(C)[Si](C)(C)Oc1ccc2c3c1O[C@H]1c4[nH]c5ccccc5c4C[C@@]4(O)[C@@H](C2)NCC[C@]314. The zero-order valence-electron chi connectivity index (χ0n) is 20.7. The molecule has 0 radical (unpaired) electrons. The number of para-hydroxylation sites is 1. The second-order valence-electron chi connectivity index (χ2n) is 12.4. The minimum atomic E-state index is -2.07. The lowest BCUT2D eigenvalue weighted by Gasteiger charge is -2.59. The fraction of sp³-hybridized carbons (Fsp3) is 0.500. The Labute approximate surface area is 202 Å². The Morgan fingerprint density at radius 3 is 2.74 bits per heavy atom. The van der Waals surface area contributed by atoms with Crippen molar-refractivity contribution in [3.63, 3.8) is 0 Å². The third-order valence-electron chi connectivity index (χ3n) is 9.75. The Bertz CT molecular complexity index is 1360. The van der Waals surface area contributed by atoms with Crippen LogP contribution in [0.4, 0.5) is 0 Å². The van der Waals surface area contributed by atoms with E-state index in [9.17, 15) is 5.11 Å². The molecule has 3 aromatic rings. The molecule has 4 atom stereocenters. The summed E-state index contributed by atoms with van der Waals surface area (Å²) in [4.78, 5) is 3.70. The van der Waals surface area contributed by atoms with Crippen LogP contribution >= 0.6 is 0 Å². The van der Waals surface area contributed by atoms with Crippen LogP contribution in [0, 0.1) is 0 Å². The lowest BCUT2D eigenvalue weighted by atomic mass is 9.49. The Hall–Kier alpha value is -2.28. The van der Waals surface area contributed by atoms with Gasteiger partial charge in [-0.15, -0.1) is 0 Å². The molecule has 2 bridgehead atoms. The minimum Gasteiger partial charge on any atom is -0.541 e. The van der Waals surface area contributed by atoms with E-state index in [2.05, 4.69) is 80.6 Å². The van der Waals surface area contributed by atoms with E-state index in [0.717, 1.165) is 42.1 Å². The van der Waals surface area contributed by atoms with Gasteiger partial charge in [0.25, 0.3) is 8.32 Å². The standard InChI is InChI=1S/C28H34N2O3Si/c1-26(2,3)34(4,5)33-20-11-10-16-14-21-28(31)15-18-17-8-6-7-9-19(17)30-23(18)25-27(28,12-13-29-21)22(16)24(20)32-25/h6-11,21,25,29-31H,12-15H2,1-5H3/t21-,25+,27+,28-/m1/s1. The maximum atomic E-state index is 12.6. The molecule has 2 aliphatic carbocycles. The van der Waals surface area contributed by atoms with Gasteiger partial charge in [-0.25, -0.2) is 0 Å². The minimum absolute atomic E-state index is 0.0137. The third kappa shape index (κ3) is 2.32. The quantitative estimate of drug-likeness (QED) is 0.451. The van der Waals surface area contributed by atoms with Crippen LogP contribution in [0.5, 0.6) is 11.5 Å². The molecule has 0 saturated carbocycles. The third-order valence-corrected chi connectivity index (χ3v) is 14.1. The van der Waals surface area contributed by atoms with Crippen LogP contribution in [0.1, 0.15) is 55.7 Å². The molecule has 178 valence electrons. The van der Waals surface area contributed by atoms with E-state index in [1.165, 1.54) is 22.1 Å². The predicted octanol–water partition coefficient (Wildman–Crippen LogP) is 5.13. The van der Waals surface area contributed by atoms with Crippen molar-refractivity contribution in [1.29, 1.82) is 0 Å². The number of benzene rings is 2. The zero-order valence-corrected chi connectivity index (χ0v) is 21.7. The smallest absolute Gasteiger partial charge is 0.250 e. The van der Waals surface area contributed by atoms with E-state index in [1.807, 2.05) is 0 Å². The highest BCUT2D eigenvalue weighted by atomic mass is 28.4. The summed E-state index contributed by atoms with van der Waals surface area (Å²) in [7, 11) is -2.07. The maximum absolute atomic E-state index is 12.6. The number of aliphatic hydroxyl groups is 1. The molecular formula is C28H34N2O3Si. The molecule has 1 fully saturated rings. The van der Waals surface area contributed by atoms with Crippen molar-refractivity contribution in [3.8, 4) is 11.5 Å². The lowest BCUT2D eigenvalue weighted by Crippen LogP contribution is -2.73. The van der Waals surface area contributed by atoms with Crippen LogP contribution in [-0.4, -0.2) is 36.6 Å². The fourth-order valence-corrected chi connectivity index (χ4v) is 8.05. The van der Waals surface area contributed by atoms with Crippen molar-refractivity contribution in [3.05, 3.63) is 58.8 Å². The van der Waals surface area contributed by atoms with Gasteiger partial charge < -0.3 is 24.6 Å².